The van der Waals surface area contributed by atoms with E-state index in [1.165, 1.54) is 42.6 Å². The van der Waals surface area contributed by atoms with Crippen LogP contribution in [0.3, 0.4) is 0 Å². The number of benzene rings is 2. The molecule has 19 heavy (non-hydrogen) atoms. The molecule has 5 nitrogen and oxygen atoms in total. The van der Waals surface area contributed by atoms with Crippen molar-refractivity contribution in [2.45, 2.75) is 4.90 Å². The summed E-state index contributed by atoms with van der Waals surface area (Å²) in [4.78, 5) is 0.000304. The molecule has 0 spiro atoms. The molecule has 0 unspecified atom stereocenters. The third-order valence-corrected chi connectivity index (χ3v) is 3.62. The Bertz CT molecular complexity index is 688. The first kappa shape index (κ1) is 13.1. The number of nitrogens with zero attached hydrogens (tertiary/aromatic N) is 1. The van der Waals surface area contributed by atoms with Crippen LogP contribution in [0.5, 0.6) is 11.5 Å². The average molecular weight is 277 g/mol. The van der Waals surface area contributed by atoms with Gasteiger partial charge in [0.15, 0.2) is 0 Å². The van der Waals surface area contributed by atoms with E-state index in [2.05, 4.69) is 4.40 Å². The lowest BCUT2D eigenvalue weighted by Crippen LogP contribution is -1.97. The number of phenolic OH excluding ortho intramolecular Hbond substituents is 2. The second-order valence-corrected chi connectivity index (χ2v) is 5.43. The molecule has 0 aromatic heterocycles. The summed E-state index contributed by atoms with van der Waals surface area (Å²) in [6.45, 7) is 0. The molecule has 0 heterocycles. The molecule has 2 rings (SSSR count). The average Bonchev–Trinajstić information content (AvgIpc) is 2.39. The van der Waals surface area contributed by atoms with E-state index < -0.39 is 10.0 Å². The van der Waals surface area contributed by atoms with Crippen LogP contribution in [-0.4, -0.2) is 24.8 Å². The Morgan fingerprint density at radius 1 is 0.842 bits per heavy atom. The number of rotatable bonds is 3. The van der Waals surface area contributed by atoms with Crippen molar-refractivity contribution in [2.75, 3.05) is 0 Å². The molecule has 0 aliphatic carbocycles. The van der Waals surface area contributed by atoms with Crippen LogP contribution >= 0.6 is 0 Å². The molecule has 0 radical (unpaired) electrons. The van der Waals surface area contributed by atoms with Crippen molar-refractivity contribution in [1.82, 2.24) is 0 Å². The zero-order valence-corrected chi connectivity index (χ0v) is 10.6. The van der Waals surface area contributed by atoms with Crippen molar-refractivity contribution >= 4 is 16.2 Å². The third kappa shape index (κ3) is 3.32. The summed E-state index contributed by atoms with van der Waals surface area (Å²) in [5, 5.41) is 18.2. The molecule has 0 atom stereocenters. The van der Waals surface area contributed by atoms with Crippen LogP contribution in [0.1, 0.15) is 5.56 Å². The molecule has 2 aromatic carbocycles. The van der Waals surface area contributed by atoms with Gasteiger partial charge in [-0.1, -0.05) is 0 Å². The van der Waals surface area contributed by atoms with Crippen LogP contribution < -0.4 is 0 Å². The number of sulfonamides is 1. The summed E-state index contributed by atoms with van der Waals surface area (Å²) in [6.07, 6.45) is 1.20. The Kier molecular flexibility index (Phi) is 3.52. The highest BCUT2D eigenvalue weighted by Gasteiger charge is 2.11. The van der Waals surface area contributed by atoms with Gasteiger partial charge in [0.2, 0.25) is 0 Å². The van der Waals surface area contributed by atoms with Crippen molar-refractivity contribution in [3.63, 3.8) is 0 Å². The molecular weight excluding hydrogens is 266 g/mol. The summed E-state index contributed by atoms with van der Waals surface area (Å²) in [7, 11) is -3.79. The van der Waals surface area contributed by atoms with E-state index in [1.807, 2.05) is 0 Å². The maximum Gasteiger partial charge on any atom is 0.282 e. The molecular formula is C13H11NO4S. The summed E-state index contributed by atoms with van der Waals surface area (Å²) < 4.78 is 27.2. The zero-order valence-electron chi connectivity index (χ0n) is 9.76. The molecule has 0 amide bonds. The van der Waals surface area contributed by atoms with E-state index >= 15 is 0 Å². The smallest absolute Gasteiger partial charge is 0.282 e. The molecule has 6 heteroatoms. The van der Waals surface area contributed by atoms with E-state index in [-0.39, 0.29) is 16.4 Å². The largest absolute Gasteiger partial charge is 0.508 e. The van der Waals surface area contributed by atoms with E-state index in [9.17, 15) is 8.42 Å². The first-order chi connectivity index (χ1) is 8.97. The van der Waals surface area contributed by atoms with Crippen LogP contribution in [-0.2, 0) is 10.0 Å². The maximum absolute atomic E-state index is 11.9. The van der Waals surface area contributed by atoms with Gasteiger partial charge in [0.25, 0.3) is 10.0 Å². The van der Waals surface area contributed by atoms with Gasteiger partial charge in [-0.05, 0) is 54.1 Å². The van der Waals surface area contributed by atoms with Gasteiger partial charge >= 0.3 is 0 Å². The van der Waals surface area contributed by atoms with Crippen LogP contribution in [0.25, 0.3) is 0 Å². The molecule has 0 aliphatic heterocycles. The van der Waals surface area contributed by atoms with Crippen LogP contribution in [0.2, 0.25) is 0 Å². The quantitative estimate of drug-likeness (QED) is 0.839. The van der Waals surface area contributed by atoms with Gasteiger partial charge in [-0.15, -0.1) is 0 Å². The number of aromatic hydroxyl groups is 2. The SMILES string of the molecule is O=S(=O)(/N=C/c1ccc(O)cc1)c1ccc(O)cc1. The van der Waals surface area contributed by atoms with E-state index in [4.69, 9.17) is 10.2 Å². The minimum Gasteiger partial charge on any atom is -0.508 e. The lowest BCUT2D eigenvalue weighted by molar-refractivity contribution is 0.474. The van der Waals surface area contributed by atoms with E-state index in [0.29, 0.717) is 5.56 Å². The first-order valence-electron chi connectivity index (χ1n) is 5.36. The zero-order chi connectivity index (χ0) is 13.9. The highest BCUT2D eigenvalue weighted by atomic mass is 32.2. The Hall–Kier alpha value is -2.34. The fourth-order valence-electron chi connectivity index (χ4n) is 1.37. The van der Waals surface area contributed by atoms with Crippen molar-refractivity contribution in [1.29, 1.82) is 0 Å². The standard InChI is InChI=1S/C13H11NO4S/c15-11-3-1-10(2-4-11)9-14-19(17,18)13-7-5-12(16)6-8-13/h1-9,15-16H/b14-9+. The molecule has 0 bridgehead atoms. The topological polar surface area (TPSA) is 87.0 Å². The van der Waals surface area contributed by atoms with E-state index in [1.54, 1.807) is 12.1 Å². The van der Waals surface area contributed by atoms with Gasteiger partial charge in [0.05, 0.1) is 4.90 Å². The van der Waals surface area contributed by atoms with Gasteiger partial charge < -0.3 is 10.2 Å². The highest BCUT2D eigenvalue weighted by molar-refractivity contribution is 7.90. The Morgan fingerprint density at radius 3 is 1.84 bits per heavy atom. The lowest BCUT2D eigenvalue weighted by Gasteiger charge is -1.99. The van der Waals surface area contributed by atoms with Crippen molar-refractivity contribution < 1.29 is 18.6 Å². The van der Waals surface area contributed by atoms with Crippen LogP contribution in [0.15, 0.2) is 57.8 Å². The number of hydrogen-bond donors (Lipinski definition) is 2. The fraction of sp³-hybridized carbons (Fsp3) is 0. The molecule has 2 N–H and O–H groups in total. The summed E-state index contributed by atoms with van der Waals surface area (Å²) in [5.41, 5.74) is 0.556. The first-order valence-corrected chi connectivity index (χ1v) is 6.80. The molecule has 0 saturated heterocycles. The highest BCUT2D eigenvalue weighted by Crippen LogP contribution is 2.16. The normalized spacial score (nSPS) is 11.8. The van der Waals surface area contributed by atoms with Crippen LogP contribution in [0.4, 0.5) is 0 Å². The molecule has 0 aliphatic rings. The van der Waals surface area contributed by atoms with Gasteiger partial charge in [0.1, 0.15) is 11.5 Å². The molecule has 2 aromatic rings. The number of hydrogen-bond acceptors (Lipinski definition) is 4. The molecule has 0 saturated carbocycles. The summed E-state index contributed by atoms with van der Waals surface area (Å²) in [6, 6.07) is 11.1. The monoisotopic (exact) mass is 277 g/mol. The van der Waals surface area contributed by atoms with Crippen molar-refractivity contribution in [2.24, 2.45) is 4.40 Å². The number of phenols is 2. The second-order valence-electron chi connectivity index (χ2n) is 3.80. The minimum atomic E-state index is -3.79. The lowest BCUT2D eigenvalue weighted by atomic mass is 10.2. The predicted molar refractivity (Wildman–Crippen MR) is 71.0 cm³/mol. The Morgan fingerprint density at radius 2 is 1.32 bits per heavy atom. The maximum atomic E-state index is 11.9. The second kappa shape index (κ2) is 5.11. The summed E-state index contributed by atoms with van der Waals surface area (Å²) >= 11 is 0. The fourth-order valence-corrected chi connectivity index (χ4v) is 2.23. The summed E-state index contributed by atoms with van der Waals surface area (Å²) in [5.74, 6) is 0.0833. The third-order valence-electron chi connectivity index (χ3n) is 2.37. The Labute approximate surface area is 110 Å². The van der Waals surface area contributed by atoms with Gasteiger partial charge in [-0.3, -0.25) is 0 Å². The minimum absolute atomic E-state index is 0.000304. The molecule has 98 valence electrons. The van der Waals surface area contributed by atoms with E-state index in [0.717, 1.165) is 0 Å². The van der Waals surface area contributed by atoms with Crippen molar-refractivity contribution in [3.8, 4) is 11.5 Å². The van der Waals surface area contributed by atoms with Gasteiger partial charge in [-0.25, -0.2) is 0 Å². The Balaban J connectivity index is 2.26. The van der Waals surface area contributed by atoms with Gasteiger partial charge in [-0.2, -0.15) is 12.8 Å². The molecule has 0 fully saturated rings. The van der Waals surface area contributed by atoms with Gasteiger partial charge in [0, 0.05) is 6.21 Å². The van der Waals surface area contributed by atoms with Crippen molar-refractivity contribution in [3.05, 3.63) is 54.1 Å². The van der Waals surface area contributed by atoms with Crippen LogP contribution in [0, 0.1) is 0 Å². The predicted octanol–water partition coefficient (Wildman–Crippen LogP) is 1.91.